The summed E-state index contributed by atoms with van der Waals surface area (Å²) in [6, 6.07) is 15.2. The summed E-state index contributed by atoms with van der Waals surface area (Å²) in [6.07, 6.45) is 6.07. The van der Waals surface area contributed by atoms with E-state index in [1.165, 1.54) is 6.08 Å². The van der Waals surface area contributed by atoms with Gasteiger partial charge in [-0.15, -0.1) is 0 Å². The highest BCUT2D eigenvalue weighted by Gasteiger charge is 2.36. The molecule has 8 nitrogen and oxygen atoms in total. The summed E-state index contributed by atoms with van der Waals surface area (Å²) in [5.74, 6) is -0.113. The van der Waals surface area contributed by atoms with E-state index in [9.17, 15) is 14.0 Å². The highest BCUT2D eigenvalue weighted by Crippen LogP contribution is 2.33. The lowest BCUT2D eigenvalue weighted by atomic mass is 10.0. The van der Waals surface area contributed by atoms with Crippen LogP contribution in [0.25, 0.3) is 22.4 Å². The molecule has 2 unspecified atom stereocenters. The predicted molar refractivity (Wildman–Crippen MR) is 172 cm³/mol. The molecule has 2 heterocycles. The van der Waals surface area contributed by atoms with Crippen LogP contribution in [0, 0.1) is 5.92 Å². The number of rotatable bonds is 10. The number of hydrogen-bond donors (Lipinski definition) is 2. The molecule has 4 rings (SSSR count). The molecule has 2 aromatic carbocycles. The van der Waals surface area contributed by atoms with Gasteiger partial charge in [0.2, 0.25) is 11.9 Å². The first-order valence-electron chi connectivity index (χ1n) is 14.5. The maximum Gasteiger partial charge on any atom is 0.251 e. The number of hydrogen-bond acceptors (Lipinski definition) is 5. The van der Waals surface area contributed by atoms with Crippen LogP contribution in [-0.4, -0.2) is 51.7 Å². The van der Waals surface area contributed by atoms with Crippen molar-refractivity contribution in [3.63, 3.8) is 0 Å². The predicted octanol–water partition coefficient (Wildman–Crippen LogP) is 7.31. The summed E-state index contributed by atoms with van der Waals surface area (Å²) < 4.78 is 13.1. The molecule has 1 aliphatic rings. The maximum absolute atomic E-state index is 13.5. The number of halogens is 1. The van der Waals surface area contributed by atoms with Gasteiger partial charge in [0.25, 0.3) is 5.91 Å². The molecule has 224 valence electrons. The van der Waals surface area contributed by atoms with Crippen LogP contribution in [0.5, 0.6) is 0 Å². The number of H-pyrrole nitrogens is 1. The first-order chi connectivity index (χ1) is 20.6. The number of carbonyl (C=O) groups excluding carboxylic acids is 2. The molecular weight excluding hydrogens is 543 g/mol. The van der Waals surface area contributed by atoms with Gasteiger partial charge in [-0.25, -0.2) is 9.98 Å². The maximum atomic E-state index is 13.5. The number of allylic oxidation sites excluding steroid dienone is 2. The second-order valence-electron chi connectivity index (χ2n) is 11.2. The molecule has 0 saturated carbocycles. The van der Waals surface area contributed by atoms with Gasteiger partial charge in [0, 0.05) is 23.5 Å². The van der Waals surface area contributed by atoms with Crippen molar-refractivity contribution in [3.05, 3.63) is 84.2 Å². The highest BCUT2D eigenvalue weighted by atomic mass is 19.1. The van der Waals surface area contributed by atoms with Crippen molar-refractivity contribution >= 4 is 29.9 Å². The first-order valence-corrected chi connectivity index (χ1v) is 14.5. The van der Waals surface area contributed by atoms with E-state index in [4.69, 9.17) is 0 Å². The van der Waals surface area contributed by atoms with Gasteiger partial charge in [-0.3, -0.25) is 14.6 Å². The zero-order valence-electron chi connectivity index (χ0n) is 25.4. The molecule has 3 aromatic rings. The van der Waals surface area contributed by atoms with Gasteiger partial charge in [-0.05, 0) is 87.2 Å². The fraction of sp³-hybridized carbons (Fsp3) is 0.324. The largest absolute Gasteiger partial charge is 0.340 e. The monoisotopic (exact) mass is 582 g/mol. The van der Waals surface area contributed by atoms with E-state index in [0.29, 0.717) is 17.8 Å². The minimum absolute atomic E-state index is 0.0619. The molecule has 1 aliphatic heterocycles. The van der Waals surface area contributed by atoms with Crippen LogP contribution in [-0.2, 0) is 9.59 Å². The number of benzene rings is 2. The number of amides is 2. The van der Waals surface area contributed by atoms with Crippen LogP contribution in [0.3, 0.4) is 0 Å². The van der Waals surface area contributed by atoms with E-state index >= 15 is 0 Å². The lowest BCUT2D eigenvalue weighted by Gasteiger charge is -2.28. The second-order valence-corrected chi connectivity index (χ2v) is 11.2. The van der Waals surface area contributed by atoms with Gasteiger partial charge >= 0.3 is 0 Å². The Morgan fingerprint density at radius 3 is 2.28 bits per heavy atom. The van der Waals surface area contributed by atoms with E-state index in [2.05, 4.69) is 32.0 Å². The molecular formula is C34H39FN6O2. The number of aliphatic imine (C=N–C) groups is 2. The molecule has 0 bridgehead atoms. The van der Waals surface area contributed by atoms with Crippen molar-refractivity contribution in [2.45, 2.75) is 59.5 Å². The third kappa shape index (κ3) is 7.80. The zero-order chi connectivity index (χ0) is 31.1. The smallest absolute Gasteiger partial charge is 0.251 e. The van der Waals surface area contributed by atoms with Gasteiger partial charge in [0.15, 0.2) is 0 Å². The van der Waals surface area contributed by atoms with E-state index in [0.717, 1.165) is 52.8 Å². The van der Waals surface area contributed by atoms with Crippen LogP contribution in [0.2, 0.25) is 0 Å². The molecule has 2 amide bonds. The summed E-state index contributed by atoms with van der Waals surface area (Å²) in [4.78, 5) is 43.7. The number of aromatic nitrogens is 2. The Balaban J connectivity index is 1.43. The van der Waals surface area contributed by atoms with Crippen molar-refractivity contribution in [2.24, 2.45) is 15.9 Å². The van der Waals surface area contributed by atoms with Gasteiger partial charge in [0.1, 0.15) is 11.9 Å². The normalized spacial score (nSPS) is 16.3. The fourth-order valence-corrected chi connectivity index (χ4v) is 5.05. The Hall–Kier alpha value is -4.66. The molecule has 2 atom stereocenters. The Bertz CT molecular complexity index is 1550. The second kappa shape index (κ2) is 14.0. The van der Waals surface area contributed by atoms with Crippen LogP contribution in [0.1, 0.15) is 59.3 Å². The third-order valence-electron chi connectivity index (χ3n) is 7.38. The van der Waals surface area contributed by atoms with Crippen molar-refractivity contribution in [1.82, 2.24) is 14.9 Å². The van der Waals surface area contributed by atoms with Crippen LogP contribution >= 0.6 is 0 Å². The lowest BCUT2D eigenvalue weighted by Crippen LogP contribution is -2.40. The number of aromatic amines is 1. The van der Waals surface area contributed by atoms with Crippen molar-refractivity contribution < 1.29 is 14.0 Å². The van der Waals surface area contributed by atoms with E-state index in [1.54, 1.807) is 6.92 Å². The molecule has 2 N–H and O–H groups in total. The number of carbonyl (C=O) groups is 2. The van der Waals surface area contributed by atoms with Crippen LogP contribution < -0.4 is 5.32 Å². The molecule has 0 radical (unpaired) electrons. The Labute approximate surface area is 252 Å². The van der Waals surface area contributed by atoms with Crippen molar-refractivity contribution in [3.8, 4) is 22.4 Å². The first kappa shape index (κ1) is 31.3. The summed E-state index contributed by atoms with van der Waals surface area (Å²) in [7, 11) is 0. The summed E-state index contributed by atoms with van der Waals surface area (Å²) >= 11 is 0. The van der Waals surface area contributed by atoms with E-state index in [-0.39, 0.29) is 29.8 Å². The Morgan fingerprint density at radius 1 is 1.05 bits per heavy atom. The molecule has 0 aliphatic carbocycles. The van der Waals surface area contributed by atoms with Gasteiger partial charge in [0.05, 0.1) is 17.9 Å². The molecule has 1 aromatic heterocycles. The summed E-state index contributed by atoms with van der Waals surface area (Å²) in [5.41, 5.74) is 5.78. The molecule has 43 heavy (non-hydrogen) atoms. The third-order valence-corrected chi connectivity index (χ3v) is 7.38. The Morgan fingerprint density at radius 2 is 1.67 bits per heavy atom. The van der Waals surface area contributed by atoms with Gasteiger partial charge in [-0.2, -0.15) is 4.39 Å². The lowest BCUT2D eigenvalue weighted by molar-refractivity contribution is -0.134. The quantitative estimate of drug-likeness (QED) is 0.113. The van der Waals surface area contributed by atoms with Crippen LogP contribution in [0.15, 0.2) is 88.4 Å². The SMILES string of the molecule is C=NC(F)=CC=C(C)C(=O)Nc1ccc(-c2ccc(-c3cnc(C4CCCN4C(=O)C(N=C(C)C)C(C)C)[nH]3)cc2)cc1. The number of imidazole rings is 1. The minimum Gasteiger partial charge on any atom is -0.340 e. The van der Waals surface area contributed by atoms with Gasteiger partial charge in [-0.1, -0.05) is 50.2 Å². The Kier molecular flexibility index (Phi) is 10.2. The topological polar surface area (TPSA) is 103 Å². The average molecular weight is 583 g/mol. The van der Waals surface area contributed by atoms with Crippen molar-refractivity contribution in [1.29, 1.82) is 0 Å². The summed E-state index contributed by atoms with van der Waals surface area (Å²) in [6.45, 7) is 13.3. The number of nitrogens with one attached hydrogen (secondary N) is 2. The summed E-state index contributed by atoms with van der Waals surface area (Å²) in [5, 5.41) is 2.80. The fourth-order valence-electron chi connectivity index (χ4n) is 5.05. The number of anilines is 1. The van der Waals surface area contributed by atoms with Crippen LogP contribution in [0.4, 0.5) is 10.1 Å². The zero-order valence-corrected chi connectivity index (χ0v) is 25.4. The average Bonchev–Trinajstić information content (AvgIpc) is 3.69. The minimum atomic E-state index is -0.754. The number of nitrogens with zero attached hydrogens (tertiary/aromatic N) is 4. The molecule has 9 heteroatoms. The highest BCUT2D eigenvalue weighted by molar-refractivity contribution is 6.03. The molecule has 1 saturated heterocycles. The molecule has 0 spiro atoms. The number of likely N-dealkylation sites (tertiary alicyclic amines) is 1. The standard InChI is InChI=1S/C34H39FN6O2/c1-21(2)31(38-22(3)4)34(43)41-19-7-8-29(41)32-37-20-28(40-32)26-12-10-24(11-13-26)25-14-16-27(17-15-25)39-33(42)23(5)9-18-30(35)36-6/h9-18,20-21,29,31H,6-8,19H2,1-5H3,(H,37,40)(H,39,42). The van der Waals surface area contributed by atoms with E-state index < -0.39 is 5.95 Å². The molecule has 1 fully saturated rings. The van der Waals surface area contributed by atoms with Gasteiger partial charge < -0.3 is 15.2 Å². The van der Waals surface area contributed by atoms with E-state index in [1.807, 2.05) is 87.3 Å². The van der Waals surface area contributed by atoms with Crippen molar-refractivity contribution in [2.75, 3.05) is 11.9 Å².